The Morgan fingerprint density at radius 2 is 1.56 bits per heavy atom. The van der Waals surface area contributed by atoms with Gasteiger partial charge in [-0.3, -0.25) is 0 Å². The van der Waals surface area contributed by atoms with Gasteiger partial charge in [0.1, 0.15) is 0 Å². The van der Waals surface area contributed by atoms with Gasteiger partial charge in [0.25, 0.3) is 0 Å². The van der Waals surface area contributed by atoms with Crippen molar-refractivity contribution in [3.05, 3.63) is 11.5 Å². The third kappa shape index (κ3) is 2.50. The highest BCUT2D eigenvalue weighted by molar-refractivity contribution is 6.54. The summed E-state index contributed by atoms with van der Waals surface area (Å²) in [5.74, 6) is 0. The average molecular weight is 226 g/mol. The SMILES string of the molecule is CC.CC1(C)OB(C2=CCOC2)OC1(C)C. The Balaban J connectivity index is 0.000000606. The van der Waals surface area contributed by atoms with Gasteiger partial charge in [0.05, 0.1) is 24.4 Å². The summed E-state index contributed by atoms with van der Waals surface area (Å²) in [7, 11) is -0.220. The summed E-state index contributed by atoms with van der Waals surface area (Å²) in [5, 5.41) is 0. The molecule has 1 saturated heterocycles. The quantitative estimate of drug-likeness (QED) is 0.643. The molecule has 2 aliphatic heterocycles. The Hall–Kier alpha value is -0.315. The van der Waals surface area contributed by atoms with Gasteiger partial charge in [-0.2, -0.15) is 0 Å². The minimum absolute atomic E-state index is 0.220. The van der Waals surface area contributed by atoms with Crippen LogP contribution in [-0.2, 0) is 14.0 Å². The standard InChI is InChI=1S/C10H17BO3.C2H6/c1-9(2)10(3,4)14-11(13-9)8-5-6-12-7-8;1-2/h5H,6-7H2,1-4H3;1-2H3. The van der Waals surface area contributed by atoms with Crippen molar-refractivity contribution in [2.24, 2.45) is 0 Å². The molecular weight excluding hydrogens is 203 g/mol. The van der Waals surface area contributed by atoms with E-state index in [2.05, 4.69) is 27.7 Å². The fourth-order valence-corrected chi connectivity index (χ4v) is 1.56. The molecule has 0 unspecified atom stereocenters. The molecule has 92 valence electrons. The molecule has 0 aromatic rings. The van der Waals surface area contributed by atoms with E-state index in [-0.39, 0.29) is 18.3 Å². The summed E-state index contributed by atoms with van der Waals surface area (Å²) in [6, 6.07) is 0. The van der Waals surface area contributed by atoms with Gasteiger partial charge in [-0.1, -0.05) is 19.9 Å². The van der Waals surface area contributed by atoms with Crippen LogP contribution in [0.2, 0.25) is 0 Å². The van der Waals surface area contributed by atoms with E-state index in [1.165, 1.54) is 0 Å². The maximum absolute atomic E-state index is 5.88. The lowest BCUT2D eigenvalue weighted by Crippen LogP contribution is -2.41. The van der Waals surface area contributed by atoms with E-state index in [1.54, 1.807) is 0 Å². The van der Waals surface area contributed by atoms with Crippen LogP contribution in [0.4, 0.5) is 0 Å². The highest BCUT2D eigenvalue weighted by Gasteiger charge is 2.52. The second-order valence-electron chi connectivity index (χ2n) is 4.88. The zero-order valence-electron chi connectivity index (χ0n) is 11.3. The third-order valence-corrected chi connectivity index (χ3v) is 3.29. The first kappa shape index (κ1) is 13.7. The van der Waals surface area contributed by atoms with Crippen LogP contribution in [0, 0.1) is 0 Å². The Morgan fingerprint density at radius 1 is 1.06 bits per heavy atom. The molecular formula is C12H23BO3. The van der Waals surface area contributed by atoms with Crippen molar-refractivity contribution in [1.82, 2.24) is 0 Å². The van der Waals surface area contributed by atoms with Gasteiger partial charge in [-0.25, -0.2) is 0 Å². The van der Waals surface area contributed by atoms with E-state index in [0.717, 1.165) is 5.47 Å². The number of hydrogen-bond donors (Lipinski definition) is 0. The van der Waals surface area contributed by atoms with Crippen LogP contribution >= 0.6 is 0 Å². The van der Waals surface area contributed by atoms with Gasteiger partial charge in [-0.05, 0) is 33.2 Å². The first-order valence-electron chi connectivity index (χ1n) is 6.05. The molecule has 0 spiro atoms. The van der Waals surface area contributed by atoms with Crippen molar-refractivity contribution in [3.8, 4) is 0 Å². The van der Waals surface area contributed by atoms with Crippen molar-refractivity contribution in [1.29, 1.82) is 0 Å². The molecule has 0 aliphatic carbocycles. The maximum atomic E-state index is 5.88. The molecule has 1 fully saturated rings. The molecule has 0 amide bonds. The van der Waals surface area contributed by atoms with Crippen molar-refractivity contribution in [2.45, 2.75) is 52.7 Å². The molecule has 2 heterocycles. The van der Waals surface area contributed by atoms with Crippen LogP contribution in [0.1, 0.15) is 41.5 Å². The molecule has 0 saturated carbocycles. The molecule has 2 rings (SSSR count). The van der Waals surface area contributed by atoms with Crippen LogP contribution in [-0.4, -0.2) is 31.5 Å². The fraction of sp³-hybridized carbons (Fsp3) is 0.833. The normalized spacial score (nSPS) is 26.1. The van der Waals surface area contributed by atoms with Gasteiger partial charge < -0.3 is 14.0 Å². The van der Waals surface area contributed by atoms with Crippen molar-refractivity contribution >= 4 is 7.12 Å². The van der Waals surface area contributed by atoms with Crippen LogP contribution in [0.25, 0.3) is 0 Å². The maximum Gasteiger partial charge on any atom is 0.492 e. The summed E-state index contributed by atoms with van der Waals surface area (Å²) >= 11 is 0. The van der Waals surface area contributed by atoms with E-state index < -0.39 is 0 Å². The fourth-order valence-electron chi connectivity index (χ4n) is 1.56. The summed E-state index contributed by atoms with van der Waals surface area (Å²) in [6.45, 7) is 13.6. The van der Waals surface area contributed by atoms with Gasteiger partial charge in [0.2, 0.25) is 0 Å². The smallest absolute Gasteiger partial charge is 0.400 e. The highest BCUT2D eigenvalue weighted by Crippen LogP contribution is 2.38. The zero-order chi connectivity index (χ0) is 12.4. The minimum Gasteiger partial charge on any atom is -0.400 e. The molecule has 2 aliphatic rings. The number of ether oxygens (including phenoxy) is 1. The van der Waals surface area contributed by atoms with E-state index in [0.29, 0.717) is 13.2 Å². The molecule has 4 heteroatoms. The van der Waals surface area contributed by atoms with Gasteiger partial charge in [0, 0.05) is 0 Å². The summed E-state index contributed by atoms with van der Waals surface area (Å²) < 4.78 is 17.0. The second-order valence-corrected chi connectivity index (χ2v) is 4.88. The predicted octanol–water partition coefficient (Wildman–Crippen LogP) is 2.60. The molecule has 0 bridgehead atoms. The molecule has 16 heavy (non-hydrogen) atoms. The Morgan fingerprint density at radius 3 is 1.94 bits per heavy atom. The van der Waals surface area contributed by atoms with Gasteiger partial charge >= 0.3 is 7.12 Å². The minimum atomic E-state index is -0.249. The lowest BCUT2D eigenvalue weighted by atomic mass is 9.79. The molecule has 0 atom stereocenters. The molecule has 0 aromatic heterocycles. The van der Waals surface area contributed by atoms with Crippen molar-refractivity contribution < 1.29 is 14.0 Å². The van der Waals surface area contributed by atoms with Gasteiger partial charge in [0.15, 0.2) is 0 Å². The van der Waals surface area contributed by atoms with E-state index in [1.807, 2.05) is 19.9 Å². The topological polar surface area (TPSA) is 27.7 Å². The van der Waals surface area contributed by atoms with Crippen LogP contribution < -0.4 is 0 Å². The third-order valence-electron chi connectivity index (χ3n) is 3.29. The number of hydrogen-bond acceptors (Lipinski definition) is 3. The molecule has 3 nitrogen and oxygen atoms in total. The summed E-state index contributed by atoms with van der Waals surface area (Å²) in [4.78, 5) is 0. The van der Waals surface area contributed by atoms with Crippen LogP contribution in [0.3, 0.4) is 0 Å². The second kappa shape index (κ2) is 4.90. The Bertz CT molecular complexity index is 255. The average Bonchev–Trinajstić information content (AvgIpc) is 2.77. The summed E-state index contributed by atoms with van der Waals surface area (Å²) in [6.07, 6.45) is 2.04. The predicted molar refractivity (Wildman–Crippen MR) is 66.3 cm³/mol. The van der Waals surface area contributed by atoms with Gasteiger partial charge in [-0.15, -0.1) is 0 Å². The molecule has 0 radical (unpaired) electrons. The van der Waals surface area contributed by atoms with Crippen molar-refractivity contribution in [3.63, 3.8) is 0 Å². The molecule has 0 aromatic carbocycles. The van der Waals surface area contributed by atoms with Crippen LogP contribution in [0.5, 0.6) is 0 Å². The zero-order valence-corrected chi connectivity index (χ0v) is 11.3. The lowest BCUT2D eigenvalue weighted by Gasteiger charge is -2.32. The summed E-state index contributed by atoms with van der Waals surface area (Å²) in [5.41, 5.74) is 0.617. The monoisotopic (exact) mass is 226 g/mol. The number of rotatable bonds is 1. The Labute approximate surface area is 99.3 Å². The first-order chi connectivity index (χ1) is 7.42. The first-order valence-corrected chi connectivity index (χ1v) is 6.05. The van der Waals surface area contributed by atoms with E-state index in [9.17, 15) is 0 Å². The highest BCUT2D eigenvalue weighted by atomic mass is 16.7. The van der Waals surface area contributed by atoms with E-state index in [4.69, 9.17) is 14.0 Å². The van der Waals surface area contributed by atoms with E-state index >= 15 is 0 Å². The van der Waals surface area contributed by atoms with Crippen LogP contribution in [0.15, 0.2) is 11.5 Å². The lowest BCUT2D eigenvalue weighted by molar-refractivity contribution is 0.00578. The Kier molecular flexibility index (Phi) is 4.21. The largest absolute Gasteiger partial charge is 0.492 e. The van der Waals surface area contributed by atoms with Crippen molar-refractivity contribution in [2.75, 3.05) is 13.2 Å². The molecule has 0 N–H and O–H groups in total.